The van der Waals surface area contributed by atoms with Crippen LogP contribution < -0.4 is 5.73 Å². The lowest BCUT2D eigenvalue weighted by Crippen LogP contribution is -1.93. The maximum absolute atomic E-state index is 13.5. The van der Waals surface area contributed by atoms with Gasteiger partial charge in [0.2, 0.25) is 0 Å². The fourth-order valence-corrected chi connectivity index (χ4v) is 1.19. The molecule has 2 rings (SSSR count). The third kappa shape index (κ3) is 1.54. The van der Waals surface area contributed by atoms with E-state index in [1.165, 1.54) is 13.0 Å². The molecule has 0 atom stereocenters. The predicted octanol–water partition coefficient (Wildman–Crippen LogP) is 1.91. The normalized spacial score (nSPS) is 10.6. The van der Waals surface area contributed by atoms with Gasteiger partial charge in [0, 0.05) is 0 Å². The molecule has 78 valence electrons. The van der Waals surface area contributed by atoms with Crippen molar-refractivity contribution in [2.24, 2.45) is 0 Å². The fraction of sp³-hybridized carbons (Fsp3) is 0.111. The molecule has 0 radical (unpaired) electrons. The zero-order valence-electron chi connectivity index (χ0n) is 7.79. The highest BCUT2D eigenvalue weighted by Crippen LogP contribution is 2.27. The molecule has 0 aliphatic heterocycles. The second-order valence-electron chi connectivity index (χ2n) is 3.00. The molecule has 0 unspecified atom stereocenters. The Balaban J connectivity index is 2.66. The van der Waals surface area contributed by atoms with Crippen molar-refractivity contribution in [3.8, 4) is 11.5 Å². The van der Waals surface area contributed by atoms with E-state index >= 15 is 0 Å². The van der Waals surface area contributed by atoms with Crippen LogP contribution in [0.15, 0.2) is 16.5 Å². The van der Waals surface area contributed by atoms with E-state index in [9.17, 15) is 8.78 Å². The van der Waals surface area contributed by atoms with Gasteiger partial charge >= 0.3 is 6.01 Å². The number of nitrogen functional groups attached to an aromatic ring is 1. The summed E-state index contributed by atoms with van der Waals surface area (Å²) in [7, 11) is 0. The average Bonchev–Trinajstić information content (AvgIpc) is 2.59. The molecule has 0 bridgehead atoms. The topological polar surface area (TPSA) is 64.9 Å². The number of anilines is 1. The molecule has 0 amide bonds. The number of rotatable bonds is 1. The van der Waals surface area contributed by atoms with E-state index in [-0.39, 0.29) is 17.5 Å². The van der Waals surface area contributed by atoms with E-state index in [2.05, 4.69) is 10.2 Å². The van der Waals surface area contributed by atoms with Gasteiger partial charge in [-0.1, -0.05) is 11.2 Å². The van der Waals surface area contributed by atoms with Crippen LogP contribution in [0, 0.1) is 18.6 Å². The Bertz CT molecular complexity index is 510. The maximum Gasteiger partial charge on any atom is 0.313 e. The van der Waals surface area contributed by atoms with Crippen LogP contribution in [0.3, 0.4) is 0 Å². The highest BCUT2D eigenvalue weighted by molar-refractivity contribution is 5.56. The van der Waals surface area contributed by atoms with Gasteiger partial charge in [-0.25, -0.2) is 8.78 Å². The molecule has 1 aromatic carbocycles. The molecule has 0 aliphatic carbocycles. The van der Waals surface area contributed by atoms with Crippen LogP contribution >= 0.6 is 0 Å². The molecular formula is C9H7F2N3O. The highest BCUT2D eigenvalue weighted by atomic mass is 19.1. The number of aryl methyl sites for hydroxylation is 1. The molecule has 0 spiro atoms. The summed E-state index contributed by atoms with van der Waals surface area (Å²) in [6.45, 7) is 1.51. The Morgan fingerprint density at radius 2 is 2.00 bits per heavy atom. The molecule has 2 aromatic rings. The lowest BCUT2D eigenvalue weighted by molar-refractivity contribution is 0.547. The van der Waals surface area contributed by atoms with Crippen molar-refractivity contribution in [2.45, 2.75) is 6.92 Å². The van der Waals surface area contributed by atoms with Crippen LogP contribution in [0.4, 0.5) is 14.8 Å². The van der Waals surface area contributed by atoms with E-state index in [0.717, 1.165) is 6.07 Å². The lowest BCUT2D eigenvalue weighted by Gasteiger charge is -2.02. The minimum atomic E-state index is -0.762. The second kappa shape index (κ2) is 3.30. The molecule has 4 nitrogen and oxygen atoms in total. The molecule has 0 saturated heterocycles. The SMILES string of the molecule is Cc1ccc(F)c(-c2nnc(N)o2)c1F. The van der Waals surface area contributed by atoms with Gasteiger partial charge in [0.1, 0.15) is 17.2 Å². The lowest BCUT2D eigenvalue weighted by atomic mass is 10.1. The zero-order chi connectivity index (χ0) is 11.0. The Morgan fingerprint density at radius 3 is 2.60 bits per heavy atom. The summed E-state index contributed by atoms with van der Waals surface area (Å²) in [6, 6.07) is 2.23. The molecule has 15 heavy (non-hydrogen) atoms. The summed E-state index contributed by atoms with van der Waals surface area (Å²) in [5.41, 5.74) is 5.12. The van der Waals surface area contributed by atoms with Crippen LogP contribution in [0.1, 0.15) is 5.56 Å². The summed E-state index contributed by atoms with van der Waals surface area (Å²) >= 11 is 0. The van der Waals surface area contributed by atoms with E-state index in [0.29, 0.717) is 5.56 Å². The van der Waals surface area contributed by atoms with Crippen LogP contribution in [-0.4, -0.2) is 10.2 Å². The monoisotopic (exact) mass is 211 g/mol. The van der Waals surface area contributed by atoms with Crippen molar-refractivity contribution >= 4 is 6.01 Å². The van der Waals surface area contributed by atoms with Gasteiger partial charge in [-0.2, -0.15) is 0 Å². The summed E-state index contributed by atoms with van der Waals surface area (Å²) in [6.07, 6.45) is 0. The summed E-state index contributed by atoms with van der Waals surface area (Å²) in [5, 5.41) is 6.76. The first-order valence-electron chi connectivity index (χ1n) is 4.13. The second-order valence-corrected chi connectivity index (χ2v) is 3.00. The van der Waals surface area contributed by atoms with Crippen molar-refractivity contribution in [3.05, 3.63) is 29.3 Å². The van der Waals surface area contributed by atoms with E-state index in [1.807, 2.05) is 0 Å². The van der Waals surface area contributed by atoms with Gasteiger partial charge in [0.05, 0.1) is 0 Å². The number of aromatic nitrogens is 2. The third-order valence-corrected chi connectivity index (χ3v) is 1.94. The van der Waals surface area contributed by atoms with Gasteiger partial charge < -0.3 is 10.2 Å². The van der Waals surface area contributed by atoms with Crippen LogP contribution in [-0.2, 0) is 0 Å². The summed E-state index contributed by atoms with van der Waals surface area (Å²) in [5.74, 6) is -1.74. The Labute approximate surface area is 83.7 Å². The molecule has 1 aromatic heterocycles. The number of hydrogen-bond donors (Lipinski definition) is 1. The quantitative estimate of drug-likeness (QED) is 0.782. The van der Waals surface area contributed by atoms with E-state index in [4.69, 9.17) is 10.2 Å². The fourth-order valence-electron chi connectivity index (χ4n) is 1.19. The van der Waals surface area contributed by atoms with Crippen molar-refractivity contribution in [3.63, 3.8) is 0 Å². The zero-order valence-corrected chi connectivity index (χ0v) is 7.79. The van der Waals surface area contributed by atoms with Gasteiger partial charge in [0.25, 0.3) is 5.89 Å². The standard InChI is InChI=1S/C9H7F2N3O/c1-4-2-3-5(10)6(7(4)11)8-13-14-9(12)15-8/h2-3H,1H3,(H2,12,14). The van der Waals surface area contributed by atoms with Gasteiger partial charge in [0.15, 0.2) is 0 Å². The van der Waals surface area contributed by atoms with Crippen molar-refractivity contribution in [1.82, 2.24) is 10.2 Å². The molecule has 2 N–H and O–H groups in total. The van der Waals surface area contributed by atoms with Gasteiger partial charge in [-0.3, -0.25) is 0 Å². The van der Waals surface area contributed by atoms with Crippen LogP contribution in [0.25, 0.3) is 11.5 Å². The van der Waals surface area contributed by atoms with Crippen molar-refractivity contribution < 1.29 is 13.2 Å². The number of halogens is 2. The van der Waals surface area contributed by atoms with Crippen molar-refractivity contribution in [2.75, 3.05) is 5.73 Å². The maximum atomic E-state index is 13.5. The summed E-state index contributed by atoms with van der Waals surface area (Å²) < 4.78 is 31.6. The summed E-state index contributed by atoms with van der Waals surface area (Å²) in [4.78, 5) is 0. The first kappa shape index (κ1) is 9.57. The smallest absolute Gasteiger partial charge is 0.313 e. The van der Waals surface area contributed by atoms with Crippen LogP contribution in [0.5, 0.6) is 0 Å². The van der Waals surface area contributed by atoms with Crippen LogP contribution in [0.2, 0.25) is 0 Å². The van der Waals surface area contributed by atoms with Crippen molar-refractivity contribution in [1.29, 1.82) is 0 Å². The number of nitrogens with two attached hydrogens (primary N) is 1. The minimum Gasteiger partial charge on any atom is -0.403 e. The predicted molar refractivity (Wildman–Crippen MR) is 48.8 cm³/mol. The number of nitrogens with zero attached hydrogens (tertiary/aromatic N) is 2. The first-order valence-corrected chi connectivity index (χ1v) is 4.13. The van der Waals surface area contributed by atoms with E-state index in [1.54, 1.807) is 0 Å². The van der Waals surface area contributed by atoms with Gasteiger partial charge in [-0.05, 0) is 18.6 Å². The van der Waals surface area contributed by atoms with Gasteiger partial charge in [-0.15, -0.1) is 5.10 Å². The van der Waals surface area contributed by atoms with E-state index < -0.39 is 11.6 Å². The first-order chi connectivity index (χ1) is 7.09. The Morgan fingerprint density at radius 1 is 1.27 bits per heavy atom. The molecule has 6 heteroatoms. The molecular weight excluding hydrogens is 204 g/mol. The molecule has 0 fully saturated rings. The Kier molecular flexibility index (Phi) is 2.11. The molecule has 0 saturated carbocycles. The highest BCUT2D eigenvalue weighted by Gasteiger charge is 2.18. The third-order valence-electron chi connectivity index (χ3n) is 1.94. The minimum absolute atomic E-state index is 0.231. The number of benzene rings is 1. The Hall–Kier alpha value is -1.98. The number of hydrogen-bond acceptors (Lipinski definition) is 4. The molecule has 1 heterocycles. The largest absolute Gasteiger partial charge is 0.403 e. The average molecular weight is 211 g/mol. The molecule has 0 aliphatic rings.